The van der Waals surface area contributed by atoms with Crippen molar-refractivity contribution in [1.29, 1.82) is 0 Å². The van der Waals surface area contributed by atoms with Crippen LogP contribution in [0.4, 0.5) is 26.3 Å². The van der Waals surface area contributed by atoms with Gasteiger partial charge in [0.15, 0.2) is 0 Å². The maximum absolute atomic E-state index is 14.0. The number of aryl methyl sites for hydroxylation is 1. The van der Waals surface area contributed by atoms with Gasteiger partial charge in [-0.2, -0.15) is 26.3 Å². The van der Waals surface area contributed by atoms with Crippen molar-refractivity contribution in [3.05, 3.63) is 101 Å². The fraction of sp³-hybridized carbons (Fsp3) is 0.160. The van der Waals surface area contributed by atoms with Gasteiger partial charge in [0, 0.05) is 13.6 Å². The minimum atomic E-state index is -5.00. The summed E-state index contributed by atoms with van der Waals surface area (Å²) >= 11 is 0. The number of hydrogen-bond acceptors (Lipinski definition) is 1. The third-order valence-electron chi connectivity index (χ3n) is 5.43. The van der Waals surface area contributed by atoms with E-state index in [1.165, 1.54) is 6.92 Å². The van der Waals surface area contributed by atoms with Gasteiger partial charge in [-0.05, 0) is 36.6 Å². The summed E-state index contributed by atoms with van der Waals surface area (Å²) in [5, 5.41) is 1.51. The molecular weight excluding hydrogens is 473 g/mol. The molecule has 0 aliphatic heterocycles. The average Bonchev–Trinajstić information content (AvgIpc) is 3.07. The fourth-order valence-electron chi connectivity index (χ4n) is 3.79. The normalized spacial score (nSPS) is 12.4. The number of rotatable bonds is 4. The first-order valence-corrected chi connectivity index (χ1v) is 11.6. The third-order valence-corrected chi connectivity index (χ3v) is 7.76. The van der Waals surface area contributed by atoms with E-state index in [1.54, 1.807) is 43.3 Å². The highest BCUT2D eigenvalue weighted by atomic mass is 31.1. The molecule has 0 radical (unpaired) electrons. The van der Waals surface area contributed by atoms with Crippen molar-refractivity contribution in [2.75, 3.05) is 0 Å². The first-order valence-electron chi connectivity index (χ1n) is 10.2. The van der Waals surface area contributed by atoms with E-state index in [2.05, 4.69) is 4.98 Å². The Morgan fingerprint density at radius 2 is 1.09 bits per heavy atom. The molecule has 1 aromatic heterocycles. The second-order valence-electron chi connectivity index (χ2n) is 7.62. The van der Waals surface area contributed by atoms with Crippen molar-refractivity contribution < 1.29 is 26.3 Å². The first kappa shape index (κ1) is 24.0. The predicted molar refractivity (Wildman–Crippen MR) is 122 cm³/mol. The van der Waals surface area contributed by atoms with E-state index in [1.807, 2.05) is 24.3 Å². The summed E-state index contributed by atoms with van der Waals surface area (Å²) in [5.41, 5.74) is -2.95. The maximum Gasteiger partial charge on any atom is 0.418 e. The Morgan fingerprint density at radius 3 is 1.50 bits per heavy atom. The topological polar surface area (TPSA) is 17.8 Å². The van der Waals surface area contributed by atoms with E-state index in [0.717, 1.165) is 21.2 Å². The predicted octanol–water partition coefficient (Wildman–Crippen LogP) is 6.28. The summed E-state index contributed by atoms with van der Waals surface area (Å²) in [7, 11) is -1.57. The quantitative estimate of drug-likeness (QED) is 0.242. The van der Waals surface area contributed by atoms with Gasteiger partial charge < -0.3 is 0 Å². The smallest absolute Gasteiger partial charge is 0.295 e. The minimum Gasteiger partial charge on any atom is -0.295 e. The molecule has 0 bridgehead atoms. The van der Waals surface area contributed by atoms with Gasteiger partial charge in [0.1, 0.15) is 5.57 Å². The second-order valence-corrected chi connectivity index (χ2v) is 9.73. The highest BCUT2D eigenvalue weighted by molar-refractivity contribution is 7.79. The van der Waals surface area contributed by atoms with Crippen molar-refractivity contribution in [1.82, 2.24) is 9.55 Å². The van der Waals surface area contributed by atoms with E-state index in [0.29, 0.717) is 17.8 Å². The summed E-state index contributed by atoms with van der Waals surface area (Å²) in [6.07, 6.45) is -10.00. The van der Waals surface area contributed by atoms with Crippen LogP contribution in [-0.4, -0.2) is 9.55 Å². The molecule has 4 aromatic rings. The van der Waals surface area contributed by atoms with Crippen molar-refractivity contribution in [3.8, 4) is 5.69 Å². The van der Waals surface area contributed by atoms with Crippen LogP contribution >= 0.6 is 7.92 Å². The van der Waals surface area contributed by atoms with Gasteiger partial charge in [-0.25, -0.2) is 4.98 Å². The number of imidazole rings is 1. The number of aromatic nitrogens is 2. The van der Waals surface area contributed by atoms with Crippen molar-refractivity contribution in [2.24, 2.45) is 0 Å². The minimum absolute atomic E-state index is 0.143. The molecule has 1 heterocycles. The van der Waals surface area contributed by atoms with Crippen molar-refractivity contribution >= 4 is 24.1 Å². The van der Waals surface area contributed by atoms with E-state index in [-0.39, 0.29) is 11.3 Å². The van der Waals surface area contributed by atoms with Crippen LogP contribution in [0, 0.1) is 13.8 Å². The van der Waals surface area contributed by atoms with Crippen LogP contribution in [0.1, 0.15) is 22.5 Å². The molecule has 0 unspecified atom stereocenters. The zero-order valence-electron chi connectivity index (χ0n) is 18.1. The average molecular weight is 492 g/mol. The monoisotopic (exact) mass is 492 g/mol. The molecule has 0 aliphatic rings. The van der Waals surface area contributed by atoms with Crippen molar-refractivity contribution in [3.63, 3.8) is 0 Å². The Labute approximate surface area is 193 Å². The summed E-state index contributed by atoms with van der Waals surface area (Å²) in [4.78, 5) is 4.54. The lowest BCUT2D eigenvalue weighted by molar-refractivity contribution is -0.142. The Hall–Kier alpha value is -3.12. The molecular formula is C25H19F6N2P. The van der Waals surface area contributed by atoms with Gasteiger partial charge >= 0.3 is 12.4 Å². The lowest BCUT2D eigenvalue weighted by Crippen LogP contribution is -2.30. The molecule has 0 amide bonds. The highest BCUT2D eigenvalue weighted by Crippen LogP contribution is 2.43. The molecule has 9 heteroatoms. The molecule has 176 valence electrons. The molecule has 0 fully saturated rings. The van der Waals surface area contributed by atoms with Gasteiger partial charge in [0.05, 0.1) is 22.5 Å². The van der Waals surface area contributed by atoms with Gasteiger partial charge in [-0.1, -0.05) is 66.7 Å². The summed E-state index contributed by atoms with van der Waals surface area (Å²) in [6.45, 7) is 3.07. The number of halogens is 6. The molecule has 0 aliphatic carbocycles. The summed E-state index contributed by atoms with van der Waals surface area (Å²) < 4.78 is 85.2. The van der Waals surface area contributed by atoms with Crippen LogP contribution in [0.5, 0.6) is 0 Å². The van der Waals surface area contributed by atoms with Crippen LogP contribution in [-0.2, 0) is 12.4 Å². The van der Waals surface area contributed by atoms with E-state index in [9.17, 15) is 26.3 Å². The fourth-order valence-corrected chi connectivity index (χ4v) is 6.19. The van der Waals surface area contributed by atoms with Gasteiger partial charge in [-0.3, -0.25) is 4.57 Å². The van der Waals surface area contributed by atoms with Crippen molar-refractivity contribution in [2.45, 2.75) is 26.2 Å². The zero-order valence-corrected chi connectivity index (χ0v) is 19.0. The second kappa shape index (κ2) is 8.91. The van der Waals surface area contributed by atoms with Crippen LogP contribution in [0.25, 0.3) is 5.69 Å². The zero-order chi connectivity index (χ0) is 24.7. The number of para-hydroxylation sites is 1. The van der Waals surface area contributed by atoms with E-state index < -0.39 is 37.1 Å². The lowest BCUT2D eigenvalue weighted by atomic mass is 10.1. The summed E-state index contributed by atoms with van der Waals surface area (Å²) in [6, 6.07) is 20.1. The Kier molecular flexibility index (Phi) is 6.30. The van der Waals surface area contributed by atoms with E-state index in [4.69, 9.17) is 0 Å². The Balaban J connectivity index is 2.12. The number of alkyl halides is 6. The van der Waals surface area contributed by atoms with Crippen LogP contribution in [0.15, 0.2) is 78.9 Å². The largest absolute Gasteiger partial charge is 0.418 e. The number of hydrogen-bond donors (Lipinski definition) is 0. The van der Waals surface area contributed by atoms with Crippen LogP contribution < -0.4 is 16.2 Å². The van der Waals surface area contributed by atoms with Gasteiger partial charge in [0.2, 0.25) is 0 Å². The highest BCUT2D eigenvalue weighted by Gasteiger charge is 2.43. The molecule has 0 saturated carbocycles. The molecule has 0 saturated heterocycles. The third kappa shape index (κ3) is 4.47. The van der Waals surface area contributed by atoms with Crippen LogP contribution in [0.2, 0.25) is 0 Å². The Bertz CT molecular complexity index is 1220. The van der Waals surface area contributed by atoms with E-state index >= 15 is 0 Å². The standard InChI is InChI=1S/C25H19F6N2P/c1-16-17(2)33(22-20(24(26,27)28)14-9-15-21(22)25(29,30)31)23(32-16)34(18-10-5-3-6-11-18)19-12-7-4-8-13-19/h3-15H,1-2H3. The Morgan fingerprint density at radius 1 is 0.647 bits per heavy atom. The number of nitrogens with zero attached hydrogens (tertiary/aromatic N) is 2. The molecule has 0 atom stereocenters. The molecule has 34 heavy (non-hydrogen) atoms. The first-order chi connectivity index (χ1) is 16.0. The lowest BCUT2D eigenvalue weighted by Gasteiger charge is -2.25. The molecule has 4 rings (SSSR count). The molecule has 2 nitrogen and oxygen atoms in total. The maximum atomic E-state index is 14.0. The molecule has 0 N–H and O–H groups in total. The molecule has 3 aromatic carbocycles. The summed E-state index contributed by atoms with van der Waals surface area (Å²) in [5.74, 6) is 0. The SMILES string of the molecule is Cc1nc(P(c2ccccc2)c2ccccc2)n(-c2c(C(F)(F)F)cccc2C(F)(F)F)c1C. The van der Waals surface area contributed by atoms with Gasteiger partial charge in [0.25, 0.3) is 0 Å². The van der Waals surface area contributed by atoms with Crippen LogP contribution in [0.3, 0.4) is 0 Å². The molecule has 0 spiro atoms. The number of benzene rings is 3. The van der Waals surface area contributed by atoms with Gasteiger partial charge in [-0.15, -0.1) is 0 Å².